The number of aromatic nitrogens is 2. The number of hydrogen-bond donors (Lipinski definition) is 0. The summed E-state index contributed by atoms with van der Waals surface area (Å²) in [4.78, 5) is 10.7. The third-order valence-corrected chi connectivity index (χ3v) is 3.31. The molecule has 1 aromatic heterocycles. The maximum atomic E-state index is 6.20. The van der Waals surface area contributed by atoms with Crippen molar-refractivity contribution in [1.29, 1.82) is 0 Å². The zero-order chi connectivity index (χ0) is 12.3. The van der Waals surface area contributed by atoms with Crippen molar-refractivity contribution < 1.29 is 4.74 Å². The van der Waals surface area contributed by atoms with E-state index < -0.39 is 0 Å². The van der Waals surface area contributed by atoms with Crippen molar-refractivity contribution in [1.82, 2.24) is 9.97 Å². The number of nitrogens with zero attached hydrogens (tertiary/aromatic N) is 3. The first-order valence-corrected chi connectivity index (χ1v) is 6.49. The summed E-state index contributed by atoms with van der Waals surface area (Å²) in [6.45, 7) is 6.43. The van der Waals surface area contributed by atoms with Crippen LogP contribution < -0.4 is 9.64 Å². The fraction of sp³-hybridized carbons (Fsp3) is 0.667. The predicted octanol–water partition coefficient (Wildman–Crippen LogP) is 2.39. The summed E-state index contributed by atoms with van der Waals surface area (Å²) in [6, 6.07) is 0. The van der Waals surface area contributed by atoms with E-state index in [9.17, 15) is 0 Å². The standard InChI is InChI=1S/C12H18ClN3O/c1-3-17-12-9(2)11(14-8-15-12)16-6-4-5-10(13)7-16/h8,10H,3-7H2,1-2H3. The Balaban J connectivity index is 2.22. The van der Waals surface area contributed by atoms with Crippen molar-refractivity contribution in [2.45, 2.75) is 32.1 Å². The van der Waals surface area contributed by atoms with Gasteiger partial charge in [0.25, 0.3) is 0 Å². The predicted molar refractivity (Wildman–Crippen MR) is 69.0 cm³/mol. The Labute approximate surface area is 107 Å². The monoisotopic (exact) mass is 255 g/mol. The van der Waals surface area contributed by atoms with E-state index in [1.54, 1.807) is 6.33 Å². The van der Waals surface area contributed by atoms with Crippen LogP contribution in [-0.4, -0.2) is 35.0 Å². The van der Waals surface area contributed by atoms with Crippen LogP contribution in [0.4, 0.5) is 5.82 Å². The summed E-state index contributed by atoms with van der Waals surface area (Å²) in [5.41, 5.74) is 1.00. The zero-order valence-electron chi connectivity index (χ0n) is 10.3. The van der Waals surface area contributed by atoms with Crippen LogP contribution in [-0.2, 0) is 0 Å². The molecule has 1 aromatic rings. The second-order valence-electron chi connectivity index (χ2n) is 4.25. The lowest BCUT2D eigenvalue weighted by molar-refractivity contribution is 0.323. The zero-order valence-corrected chi connectivity index (χ0v) is 11.1. The minimum absolute atomic E-state index is 0.216. The SMILES string of the molecule is CCOc1ncnc(N2CCCC(Cl)C2)c1C. The van der Waals surface area contributed by atoms with Crippen molar-refractivity contribution >= 4 is 17.4 Å². The van der Waals surface area contributed by atoms with Gasteiger partial charge in [-0.15, -0.1) is 11.6 Å². The molecule has 0 bridgehead atoms. The molecule has 0 aromatic carbocycles. The second-order valence-corrected chi connectivity index (χ2v) is 4.86. The highest BCUT2D eigenvalue weighted by molar-refractivity contribution is 6.21. The van der Waals surface area contributed by atoms with Gasteiger partial charge < -0.3 is 9.64 Å². The highest BCUT2D eigenvalue weighted by atomic mass is 35.5. The molecule has 0 spiro atoms. The van der Waals surface area contributed by atoms with Gasteiger partial charge in [-0.1, -0.05) is 0 Å². The van der Waals surface area contributed by atoms with Gasteiger partial charge in [-0.3, -0.25) is 0 Å². The molecule has 2 heterocycles. The number of anilines is 1. The Hall–Kier alpha value is -1.03. The molecule has 1 fully saturated rings. The Kier molecular flexibility index (Phi) is 4.05. The van der Waals surface area contributed by atoms with Crippen molar-refractivity contribution in [3.05, 3.63) is 11.9 Å². The van der Waals surface area contributed by atoms with E-state index in [0.717, 1.165) is 37.3 Å². The summed E-state index contributed by atoms with van der Waals surface area (Å²) in [6.07, 6.45) is 3.76. The van der Waals surface area contributed by atoms with Crippen LogP contribution in [0.2, 0.25) is 0 Å². The first-order valence-electron chi connectivity index (χ1n) is 6.05. The lowest BCUT2D eigenvalue weighted by atomic mass is 10.1. The third kappa shape index (κ3) is 2.80. The van der Waals surface area contributed by atoms with Crippen LogP contribution in [0.15, 0.2) is 6.33 Å². The molecular formula is C12H18ClN3O. The number of piperidine rings is 1. The topological polar surface area (TPSA) is 38.3 Å². The van der Waals surface area contributed by atoms with Crippen LogP contribution in [0.1, 0.15) is 25.3 Å². The average molecular weight is 256 g/mol. The Morgan fingerprint density at radius 1 is 1.53 bits per heavy atom. The maximum Gasteiger partial charge on any atom is 0.221 e. The number of hydrogen-bond acceptors (Lipinski definition) is 4. The molecule has 1 aliphatic heterocycles. The van der Waals surface area contributed by atoms with Crippen LogP contribution in [0.5, 0.6) is 5.88 Å². The summed E-state index contributed by atoms with van der Waals surface area (Å²) >= 11 is 6.20. The van der Waals surface area contributed by atoms with E-state index in [1.807, 2.05) is 13.8 Å². The number of rotatable bonds is 3. The van der Waals surface area contributed by atoms with Crippen LogP contribution in [0, 0.1) is 6.92 Å². The molecule has 1 aliphatic rings. The number of halogens is 1. The van der Waals surface area contributed by atoms with Crippen LogP contribution in [0.25, 0.3) is 0 Å². The molecule has 0 aliphatic carbocycles. The van der Waals surface area contributed by atoms with E-state index >= 15 is 0 Å². The molecule has 1 saturated heterocycles. The lowest BCUT2D eigenvalue weighted by Crippen LogP contribution is -2.37. The number of ether oxygens (including phenoxy) is 1. The van der Waals surface area contributed by atoms with Gasteiger partial charge in [-0.2, -0.15) is 0 Å². The Morgan fingerprint density at radius 2 is 2.35 bits per heavy atom. The van der Waals surface area contributed by atoms with E-state index in [2.05, 4.69) is 14.9 Å². The van der Waals surface area contributed by atoms with Crippen molar-refractivity contribution in [3.63, 3.8) is 0 Å². The fourth-order valence-electron chi connectivity index (χ4n) is 2.14. The molecule has 5 heteroatoms. The van der Waals surface area contributed by atoms with Crippen LogP contribution >= 0.6 is 11.6 Å². The van der Waals surface area contributed by atoms with Crippen molar-refractivity contribution in [2.24, 2.45) is 0 Å². The van der Waals surface area contributed by atoms with Gasteiger partial charge in [0.1, 0.15) is 12.1 Å². The van der Waals surface area contributed by atoms with Crippen LogP contribution in [0.3, 0.4) is 0 Å². The molecule has 1 unspecified atom stereocenters. The quantitative estimate of drug-likeness (QED) is 0.778. The minimum atomic E-state index is 0.216. The molecule has 0 amide bonds. The molecule has 2 rings (SSSR count). The van der Waals surface area contributed by atoms with Crippen molar-refractivity contribution in [3.8, 4) is 5.88 Å². The fourth-order valence-corrected chi connectivity index (χ4v) is 2.46. The first-order chi connectivity index (χ1) is 8.22. The molecule has 0 radical (unpaired) electrons. The van der Waals surface area contributed by atoms with Gasteiger partial charge in [0.15, 0.2) is 0 Å². The Morgan fingerprint density at radius 3 is 3.06 bits per heavy atom. The molecule has 4 nitrogen and oxygen atoms in total. The molecule has 1 atom stereocenters. The van der Waals surface area contributed by atoms with Gasteiger partial charge >= 0.3 is 0 Å². The van der Waals surface area contributed by atoms with E-state index in [1.165, 1.54) is 0 Å². The molecule has 0 saturated carbocycles. The highest BCUT2D eigenvalue weighted by Crippen LogP contribution is 2.27. The third-order valence-electron chi connectivity index (χ3n) is 2.96. The summed E-state index contributed by atoms with van der Waals surface area (Å²) in [7, 11) is 0. The van der Waals surface area contributed by atoms with Gasteiger partial charge in [-0.05, 0) is 26.7 Å². The first kappa shape index (κ1) is 12.4. The highest BCUT2D eigenvalue weighted by Gasteiger charge is 2.21. The van der Waals surface area contributed by atoms with E-state index in [0.29, 0.717) is 12.5 Å². The lowest BCUT2D eigenvalue weighted by Gasteiger charge is -2.31. The Bertz CT molecular complexity index is 386. The summed E-state index contributed by atoms with van der Waals surface area (Å²) in [5, 5.41) is 0.216. The maximum absolute atomic E-state index is 6.20. The number of alkyl halides is 1. The van der Waals surface area contributed by atoms with Crippen molar-refractivity contribution in [2.75, 3.05) is 24.6 Å². The van der Waals surface area contributed by atoms with Gasteiger partial charge in [0, 0.05) is 13.1 Å². The smallest absolute Gasteiger partial charge is 0.221 e. The molecule has 0 N–H and O–H groups in total. The van der Waals surface area contributed by atoms with Gasteiger partial charge in [-0.25, -0.2) is 9.97 Å². The normalized spacial score (nSPS) is 20.4. The average Bonchev–Trinajstić information content (AvgIpc) is 2.32. The van der Waals surface area contributed by atoms with Gasteiger partial charge in [0.05, 0.1) is 17.5 Å². The van der Waals surface area contributed by atoms with Gasteiger partial charge in [0.2, 0.25) is 5.88 Å². The van der Waals surface area contributed by atoms with E-state index in [-0.39, 0.29) is 5.38 Å². The minimum Gasteiger partial charge on any atom is -0.478 e. The largest absolute Gasteiger partial charge is 0.478 e. The molecule has 17 heavy (non-hydrogen) atoms. The second kappa shape index (κ2) is 5.54. The summed E-state index contributed by atoms with van der Waals surface area (Å²) < 4.78 is 5.48. The molecule has 94 valence electrons. The summed E-state index contributed by atoms with van der Waals surface area (Å²) in [5.74, 6) is 1.63. The molecular weight excluding hydrogens is 238 g/mol. The van der Waals surface area contributed by atoms with E-state index in [4.69, 9.17) is 16.3 Å².